The Labute approximate surface area is 64.9 Å². The van der Waals surface area contributed by atoms with Crippen molar-refractivity contribution in [2.75, 3.05) is 0 Å². The molecule has 0 amide bonds. The summed E-state index contributed by atoms with van der Waals surface area (Å²) in [6, 6.07) is 7.20. The Morgan fingerprint density at radius 2 is 2.09 bits per heavy atom. The van der Waals surface area contributed by atoms with Crippen LogP contribution in [0, 0.1) is 6.92 Å². The molecule has 0 nitrogen and oxygen atoms in total. The van der Waals surface area contributed by atoms with Crippen molar-refractivity contribution in [3.05, 3.63) is 35.4 Å². The van der Waals surface area contributed by atoms with Crippen molar-refractivity contribution < 1.29 is 8.78 Å². The predicted octanol–water partition coefficient (Wildman–Crippen LogP) is 2.80. The zero-order valence-electron chi connectivity index (χ0n) is 6.35. The van der Waals surface area contributed by atoms with Gasteiger partial charge in [0.1, 0.15) is 0 Å². The minimum Gasteiger partial charge on any atom is -0.210 e. The minimum absolute atomic E-state index is 0.137. The Balaban J connectivity index is 2.71. The van der Waals surface area contributed by atoms with E-state index in [1.165, 1.54) is 0 Å². The van der Waals surface area contributed by atoms with Crippen molar-refractivity contribution in [1.82, 2.24) is 0 Å². The largest absolute Gasteiger partial charge is 0.242 e. The number of rotatable bonds is 2. The van der Waals surface area contributed by atoms with Crippen LogP contribution in [0.2, 0.25) is 0 Å². The first-order chi connectivity index (χ1) is 5.18. The first kappa shape index (κ1) is 8.18. The van der Waals surface area contributed by atoms with Gasteiger partial charge in [-0.1, -0.05) is 29.8 Å². The Morgan fingerprint density at radius 1 is 1.36 bits per heavy atom. The maximum Gasteiger partial charge on any atom is 0.242 e. The number of aryl methyl sites for hydroxylation is 1. The van der Waals surface area contributed by atoms with Gasteiger partial charge in [0, 0.05) is 6.42 Å². The zero-order valence-corrected chi connectivity index (χ0v) is 6.35. The maximum absolute atomic E-state index is 11.9. The van der Waals surface area contributed by atoms with Gasteiger partial charge in [-0.2, -0.15) is 0 Å². The van der Waals surface area contributed by atoms with Crippen molar-refractivity contribution in [2.24, 2.45) is 0 Å². The lowest BCUT2D eigenvalue weighted by atomic mass is 10.1. The van der Waals surface area contributed by atoms with Gasteiger partial charge in [0.15, 0.2) is 0 Å². The van der Waals surface area contributed by atoms with Crippen LogP contribution in [0.15, 0.2) is 24.3 Å². The molecule has 0 atom stereocenters. The summed E-state index contributed by atoms with van der Waals surface area (Å²) in [6.45, 7) is 1.90. The Hall–Kier alpha value is -0.920. The minimum atomic E-state index is -2.24. The smallest absolute Gasteiger partial charge is 0.210 e. The van der Waals surface area contributed by atoms with E-state index in [1.807, 2.05) is 13.0 Å². The molecule has 0 fully saturated rings. The molecule has 1 rings (SSSR count). The fourth-order valence-corrected chi connectivity index (χ4v) is 1.02. The molecule has 0 aliphatic rings. The average Bonchev–Trinajstić information content (AvgIpc) is 1.85. The van der Waals surface area contributed by atoms with Crippen LogP contribution in [0.4, 0.5) is 8.78 Å². The Morgan fingerprint density at radius 3 is 2.64 bits per heavy atom. The molecule has 0 bridgehead atoms. The molecule has 0 aliphatic heterocycles. The van der Waals surface area contributed by atoms with E-state index >= 15 is 0 Å². The molecule has 0 saturated carbocycles. The lowest BCUT2D eigenvalue weighted by molar-refractivity contribution is 0.149. The lowest BCUT2D eigenvalue weighted by Gasteiger charge is -2.00. The Bertz CT molecular complexity index is 231. The third kappa shape index (κ3) is 2.66. The van der Waals surface area contributed by atoms with Crippen molar-refractivity contribution in [1.29, 1.82) is 0 Å². The van der Waals surface area contributed by atoms with Crippen LogP contribution in [0.25, 0.3) is 0 Å². The van der Waals surface area contributed by atoms with E-state index < -0.39 is 6.43 Å². The highest BCUT2D eigenvalue weighted by atomic mass is 19.3. The molecule has 0 aliphatic carbocycles. The van der Waals surface area contributed by atoms with Gasteiger partial charge in [-0.05, 0) is 12.5 Å². The summed E-state index contributed by atoms with van der Waals surface area (Å²) in [6.07, 6.45) is -2.38. The molecule has 1 aromatic rings. The fourth-order valence-electron chi connectivity index (χ4n) is 1.02. The molecule has 0 saturated heterocycles. The summed E-state index contributed by atoms with van der Waals surface area (Å²) in [5.41, 5.74) is 1.74. The van der Waals surface area contributed by atoms with Crippen LogP contribution < -0.4 is 0 Å². The van der Waals surface area contributed by atoms with Gasteiger partial charge < -0.3 is 0 Å². The van der Waals surface area contributed by atoms with Crippen LogP contribution in [0.3, 0.4) is 0 Å². The molecule has 0 spiro atoms. The summed E-state index contributed by atoms with van der Waals surface area (Å²) >= 11 is 0. The highest BCUT2D eigenvalue weighted by molar-refractivity contribution is 5.22. The molecule has 0 heterocycles. The summed E-state index contributed by atoms with van der Waals surface area (Å²) in [5.74, 6) is 0. The second-order valence-corrected chi connectivity index (χ2v) is 2.58. The predicted molar refractivity (Wildman–Crippen MR) is 40.9 cm³/mol. The SMILES string of the molecule is Cc1cccc(CC(F)F)c1. The highest BCUT2D eigenvalue weighted by Crippen LogP contribution is 2.08. The lowest BCUT2D eigenvalue weighted by Crippen LogP contribution is -1.96. The average molecular weight is 156 g/mol. The number of benzene rings is 1. The second-order valence-electron chi connectivity index (χ2n) is 2.58. The number of hydrogen-bond acceptors (Lipinski definition) is 0. The molecular formula is C9H10F2. The van der Waals surface area contributed by atoms with Gasteiger partial charge in [0.2, 0.25) is 6.43 Å². The van der Waals surface area contributed by atoms with E-state index in [9.17, 15) is 8.78 Å². The third-order valence-corrected chi connectivity index (χ3v) is 1.47. The van der Waals surface area contributed by atoms with E-state index in [4.69, 9.17) is 0 Å². The van der Waals surface area contributed by atoms with E-state index in [2.05, 4.69) is 0 Å². The van der Waals surface area contributed by atoms with Crippen molar-refractivity contribution in [2.45, 2.75) is 19.8 Å². The van der Waals surface area contributed by atoms with Gasteiger partial charge in [-0.3, -0.25) is 0 Å². The zero-order chi connectivity index (χ0) is 8.27. The molecule has 0 N–H and O–H groups in total. The van der Waals surface area contributed by atoms with Crippen molar-refractivity contribution in [3.63, 3.8) is 0 Å². The van der Waals surface area contributed by atoms with E-state index in [0.29, 0.717) is 5.56 Å². The van der Waals surface area contributed by atoms with Gasteiger partial charge in [-0.15, -0.1) is 0 Å². The number of alkyl halides is 2. The van der Waals surface area contributed by atoms with Crippen LogP contribution in [-0.4, -0.2) is 6.43 Å². The first-order valence-corrected chi connectivity index (χ1v) is 3.52. The molecule has 0 radical (unpaired) electrons. The van der Waals surface area contributed by atoms with Crippen LogP contribution in [0.1, 0.15) is 11.1 Å². The molecule has 60 valence electrons. The van der Waals surface area contributed by atoms with E-state index in [0.717, 1.165) is 5.56 Å². The van der Waals surface area contributed by atoms with E-state index in [1.54, 1.807) is 18.2 Å². The van der Waals surface area contributed by atoms with Crippen molar-refractivity contribution in [3.8, 4) is 0 Å². The molecular weight excluding hydrogens is 146 g/mol. The normalized spacial score (nSPS) is 10.5. The number of hydrogen-bond donors (Lipinski definition) is 0. The van der Waals surface area contributed by atoms with Gasteiger partial charge in [-0.25, -0.2) is 8.78 Å². The summed E-state index contributed by atoms with van der Waals surface area (Å²) in [4.78, 5) is 0. The molecule has 2 heteroatoms. The fraction of sp³-hybridized carbons (Fsp3) is 0.333. The second kappa shape index (κ2) is 3.46. The maximum atomic E-state index is 11.9. The summed E-state index contributed by atoms with van der Waals surface area (Å²) in [5, 5.41) is 0. The van der Waals surface area contributed by atoms with Crippen molar-refractivity contribution >= 4 is 0 Å². The van der Waals surface area contributed by atoms with Gasteiger partial charge in [0.25, 0.3) is 0 Å². The topological polar surface area (TPSA) is 0 Å². The van der Waals surface area contributed by atoms with Crippen LogP contribution in [-0.2, 0) is 6.42 Å². The quantitative estimate of drug-likeness (QED) is 0.617. The first-order valence-electron chi connectivity index (χ1n) is 3.52. The molecule has 0 aromatic heterocycles. The number of halogens is 2. The Kier molecular flexibility index (Phi) is 2.58. The van der Waals surface area contributed by atoms with Gasteiger partial charge >= 0.3 is 0 Å². The summed E-state index contributed by atoms with van der Waals surface area (Å²) < 4.78 is 23.7. The van der Waals surface area contributed by atoms with E-state index in [-0.39, 0.29) is 6.42 Å². The molecule has 1 aromatic carbocycles. The standard InChI is InChI=1S/C9H10F2/c1-7-3-2-4-8(5-7)6-9(10)11/h2-5,9H,6H2,1H3. The monoisotopic (exact) mass is 156 g/mol. The van der Waals surface area contributed by atoms with Gasteiger partial charge in [0.05, 0.1) is 0 Å². The molecule has 0 unspecified atom stereocenters. The summed E-state index contributed by atoms with van der Waals surface area (Å²) in [7, 11) is 0. The highest BCUT2D eigenvalue weighted by Gasteiger charge is 2.03. The van der Waals surface area contributed by atoms with Crippen LogP contribution in [0.5, 0.6) is 0 Å². The third-order valence-electron chi connectivity index (χ3n) is 1.47. The van der Waals surface area contributed by atoms with Crippen LogP contribution >= 0.6 is 0 Å². The molecule has 11 heavy (non-hydrogen) atoms.